The van der Waals surface area contributed by atoms with Crippen molar-refractivity contribution in [2.75, 3.05) is 29.9 Å². The molecular weight excluding hydrogens is 524 g/mol. The summed E-state index contributed by atoms with van der Waals surface area (Å²) in [5, 5.41) is 33.2. The smallest absolute Gasteiger partial charge is 0.396 e. The van der Waals surface area contributed by atoms with E-state index in [2.05, 4.69) is 25.3 Å². The molecule has 2 fully saturated rings. The van der Waals surface area contributed by atoms with E-state index in [4.69, 9.17) is 0 Å². The van der Waals surface area contributed by atoms with Crippen LogP contribution in [0.2, 0.25) is 0 Å². The van der Waals surface area contributed by atoms with E-state index in [-0.39, 0.29) is 37.8 Å². The van der Waals surface area contributed by atoms with Crippen molar-refractivity contribution in [2.24, 2.45) is 5.92 Å². The van der Waals surface area contributed by atoms with Crippen molar-refractivity contribution < 1.29 is 41.7 Å². The summed E-state index contributed by atoms with van der Waals surface area (Å²) in [6.45, 7) is 0.0951. The Bertz CT molecular complexity index is 1320. The molecule has 5 rings (SSSR count). The van der Waals surface area contributed by atoms with E-state index in [9.17, 15) is 41.7 Å². The predicted octanol–water partition coefficient (Wildman–Crippen LogP) is 2.22. The summed E-state index contributed by atoms with van der Waals surface area (Å²) in [4.78, 5) is 17.9. The van der Waals surface area contributed by atoms with Crippen LogP contribution in [-0.2, 0) is 12.4 Å². The Labute approximate surface area is 211 Å². The van der Waals surface area contributed by atoms with E-state index in [1.807, 2.05) is 0 Å². The number of nitrogens with zero attached hydrogens (tertiary/aromatic N) is 6. The number of anilines is 2. The molecule has 16 heteroatoms. The van der Waals surface area contributed by atoms with Crippen LogP contribution in [0.3, 0.4) is 0 Å². The Balaban J connectivity index is 1.35. The van der Waals surface area contributed by atoms with Crippen molar-refractivity contribution in [3.05, 3.63) is 36.0 Å². The molecular formula is C22H23F6N7O3. The molecule has 4 N–H and O–H groups in total. The molecule has 1 aliphatic carbocycles. The molecule has 1 saturated heterocycles. The number of halogens is 6. The summed E-state index contributed by atoms with van der Waals surface area (Å²) in [5.41, 5.74) is -2.91. The first-order valence-electron chi connectivity index (χ1n) is 11.7. The second-order valence-corrected chi connectivity index (χ2v) is 9.43. The number of fused-ring (bicyclic) bond motifs is 1. The molecule has 3 aromatic rings. The van der Waals surface area contributed by atoms with Crippen LogP contribution in [-0.4, -0.2) is 77.8 Å². The number of aliphatic hydroxyl groups is 3. The zero-order valence-corrected chi connectivity index (χ0v) is 19.5. The van der Waals surface area contributed by atoms with Crippen LogP contribution < -0.4 is 10.2 Å². The molecule has 2 unspecified atom stereocenters. The number of rotatable bonds is 5. The van der Waals surface area contributed by atoms with Gasteiger partial charge in [-0.05, 0) is 18.9 Å². The Morgan fingerprint density at radius 2 is 1.71 bits per heavy atom. The quantitative estimate of drug-likeness (QED) is 0.355. The van der Waals surface area contributed by atoms with Gasteiger partial charge in [-0.1, -0.05) is 0 Å². The van der Waals surface area contributed by atoms with Gasteiger partial charge in [-0.2, -0.15) is 26.3 Å². The summed E-state index contributed by atoms with van der Waals surface area (Å²) in [6.07, 6.45) is -9.00. The largest absolute Gasteiger partial charge is 0.418 e. The lowest BCUT2D eigenvalue weighted by molar-refractivity contribution is -0.162. The Morgan fingerprint density at radius 1 is 0.974 bits per heavy atom. The molecule has 5 atom stereocenters. The predicted molar refractivity (Wildman–Crippen MR) is 120 cm³/mol. The monoisotopic (exact) mass is 547 g/mol. The van der Waals surface area contributed by atoms with Gasteiger partial charge in [0.25, 0.3) is 0 Å². The van der Waals surface area contributed by atoms with Crippen LogP contribution in [0.5, 0.6) is 0 Å². The van der Waals surface area contributed by atoms with Gasteiger partial charge in [-0.25, -0.2) is 19.9 Å². The molecule has 206 valence electrons. The van der Waals surface area contributed by atoms with Gasteiger partial charge in [0.05, 0.1) is 29.6 Å². The zero-order valence-electron chi connectivity index (χ0n) is 19.5. The lowest BCUT2D eigenvalue weighted by Crippen LogP contribution is -2.30. The average Bonchev–Trinajstić information content (AvgIpc) is 3.56. The maximum absolute atomic E-state index is 13.3. The number of aliphatic hydroxyl groups excluding tert-OH is 3. The summed E-state index contributed by atoms with van der Waals surface area (Å²) in [7, 11) is 0. The first kappa shape index (κ1) is 26.4. The van der Waals surface area contributed by atoms with Gasteiger partial charge >= 0.3 is 12.4 Å². The number of hydrogen-bond acceptors (Lipinski definition) is 9. The van der Waals surface area contributed by atoms with E-state index in [1.165, 1.54) is 17.6 Å². The van der Waals surface area contributed by atoms with Crippen LogP contribution in [0.25, 0.3) is 11.2 Å². The number of nitrogens with one attached hydrogen (secondary N) is 1. The van der Waals surface area contributed by atoms with E-state index in [0.717, 1.165) is 0 Å². The Kier molecular flexibility index (Phi) is 6.59. The van der Waals surface area contributed by atoms with Crippen LogP contribution in [0, 0.1) is 5.92 Å². The number of hydrogen-bond donors (Lipinski definition) is 4. The van der Waals surface area contributed by atoms with Crippen molar-refractivity contribution in [3.8, 4) is 0 Å². The molecule has 0 radical (unpaired) electrons. The lowest BCUT2D eigenvalue weighted by atomic mass is 10.1. The summed E-state index contributed by atoms with van der Waals surface area (Å²) in [6, 6.07) is -0.503. The fourth-order valence-corrected chi connectivity index (χ4v) is 5.11. The van der Waals surface area contributed by atoms with Gasteiger partial charge < -0.3 is 30.1 Å². The van der Waals surface area contributed by atoms with Gasteiger partial charge in [0, 0.05) is 37.9 Å². The molecule has 38 heavy (non-hydrogen) atoms. The summed E-state index contributed by atoms with van der Waals surface area (Å²) in [5.74, 6) is -0.407. The number of alkyl halides is 6. The van der Waals surface area contributed by atoms with Gasteiger partial charge in [-0.3, -0.25) is 0 Å². The average molecular weight is 547 g/mol. The number of pyridine rings is 1. The van der Waals surface area contributed by atoms with Crippen LogP contribution in [0.1, 0.15) is 30.0 Å². The second-order valence-electron chi connectivity index (χ2n) is 9.43. The van der Waals surface area contributed by atoms with Crippen LogP contribution >= 0.6 is 0 Å². The molecule has 1 saturated carbocycles. The molecule has 4 heterocycles. The minimum absolute atomic E-state index is 0.146. The molecule has 0 spiro atoms. The fourth-order valence-electron chi connectivity index (χ4n) is 5.11. The molecule has 0 amide bonds. The standard InChI is InChI=1S/C22H23F6N7O3/c23-21(24,25)12-4-15(29-5-13(12)22(26,27)28)34-2-1-11(6-34)33-19-16-20(31-8-30-19)35(9-32-16)14-3-10(7-36)17(37)18(14)38/h4-5,8-11,14,17-18,36-38H,1-3,6-7H2,(H,30,31,33)/t10-,11?,14?,17-,18+/m1/s1. The highest BCUT2D eigenvalue weighted by Gasteiger charge is 2.45. The maximum Gasteiger partial charge on any atom is 0.418 e. The highest BCUT2D eigenvalue weighted by atomic mass is 19.4. The Morgan fingerprint density at radius 3 is 2.37 bits per heavy atom. The first-order chi connectivity index (χ1) is 17.9. The van der Waals surface area contributed by atoms with Gasteiger partial charge in [0.15, 0.2) is 11.5 Å². The molecule has 1 aliphatic heterocycles. The van der Waals surface area contributed by atoms with Crippen molar-refractivity contribution in [1.82, 2.24) is 24.5 Å². The number of imidazole rings is 1. The third kappa shape index (κ3) is 4.71. The third-order valence-corrected chi connectivity index (χ3v) is 7.08. The van der Waals surface area contributed by atoms with E-state index in [1.54, 1.807) is 4.57 Å². The third-order valence-electron chi connectivity index (χ3n) is 7.08. The molecule has 0 bridgehead atoms. The van der Waals surface area contributed by atoms with Crippen molar-refractivity contribution >= 4 is 22.8 Å². The highest BCUT2D eigenvalue weighted by molar-refractivity contribution is 5.83. The molecule has 3 aromatic heterocycles. The Hall–Kier alpha value is -3.24. The first-order valence-corrected chi connectivity index (χ1v) is 11.7. The SMILES string of the molecule is OC[C@H]1CC(n2cnc3c(NC4CCN(c5cc(C(F)(F)F)c(C(F)(F)F)cn5)C4)ncnc32)[C@H](O)[C@@H]1O. The fraction of sp³-hybridized carbons (Fsp3) is 0.545. The lowest BCUT2D eigenvalue weighted by Gasteiger charge is -2.21. The van der Waals surface area contributed by atoms with Gasteiger partial charge in [0.2, 0.25) is 0 Å². The van der Waals surface area contributed by atoms with E-state index < -0.39 is 47.6 Å². The normalized spacial score (nSPS) is 26.4. The molecule has 0 aromatic carbocycles. The molecule has 2 aliphatic rings. The molecule has 10 nitrogen and oxygen atoms in total. The summed E-state index contributed by atoms with van der Waals surface area (Å²) < 4.78 is 80.8. The van der Waals surface area contributed by atoms with Crippen molar-refractivity contribution in [3.63, 3.8) is 0 Å². The van der Waals surface area contributed by atoms with E-state index >= 15 is 0 Å². The van der Waals surface area contributed by atoms with Gasteiger partial charge in [0.1, 0.15) is 23.8 Å². The van der Waals surface area contributed by atoms with Crippen LogP contribution in [0.4, 0.5) is 38.0 Å². The number of aromatic nitrogens is 5. The van der Waals surface area contributed by atoms with Crippen LogP contribution in [0.15, 0.2) is 24.9 Å². The van der Waals surface area contributed by atoms with Crippen molar-refractivity contribution in [2.45, 2.75) is 49.5 Å². The summed E-state index contributed by atoms with van der Waals surface area (Å²) >= 11 is 0. The van der Waals surface area contributed by atoms with Gasteiger partial charge in [-0.15, -0.1) is 0 Å². The topological polar surface area (TPSA) is 132 Å². The highest BCUT2D eigenvalue weighted by Crippen LogP contribution is 2.41. The minimum atomic E-state index is -5.20. The van der Waals surface area contributed by atoms with E-state index in [0.29, 0.717) is 35.9 Å². The maximum atomic E-state index is 13.3. The van der Waals surface area contributed by atoms with Crippen molar-refractivity contribution in [1.29, 1.82) is 0 Å². The minimum Gasteiger partial charge on any atom is -0.396 e. The zero-order chi connectivity index (χ0) is 27.4. The second kappa shape index (κ2) is 9.50.